The van der Waals surface area contributed by atoms with Crippen LogP contribution in [0.1, 0.15) is 11.6 Å². The van der Waals surface area contributed by atoms with Crippen LogP contribution < -0.4 is 11.1 Å². The SMILES string of the molecule is Nc1cc(Br)ccc1NC(CO)c1ccccc1. The summed E-state index contributed by atoms with van der Waals surface area (Å²) in [7, 11) is 0. The lowest BCUT2D eigenvalue weighted by atomic mass is 10.1. The number of aliphatic hydroxyl groups excluding tert-OH is 1. The number of nitrogens with one attached hydrogen (secondary N) is 1. The molecule has 18 heavy (non-hydrogen) atoms. The van der Waals surface area contributed by atoms with Crippen LogP contribution in [0.15, 0.2) is 53.0 Å². The van der Waals surface area contributed by atoms with Crippen LogP contribution in [0.5, 0.6) is 0 Å². The lowest BCUT2D eigenvalue weighted by Gasteiger charge is -2.19. The molecule has 0 radical (unpaired) electrons. The fourth-order valence-corrected chi connectivity index (χ4v) is 2.15. The maximum Gasteiger partial charge on any atom is 0.0745 e. The summed E-state index contributed by atoms with van der Waals surface area (Å²) in [4.78, 5) is 0. The maximum atomic E-state index is 9.47. The van der Waals surface area contributed by atoms with E-state index in [9.17, 15) is 5.11 Å². The van der Waals surface area contributed by atoms with Crippen molar-refractivity contribution in [1.29, 1.82) is 0 Å². The van der Waals surface area contributed by atoms with E-state index in [2.05, 4.69) is 21.2 Å². The van der Waals surface area contributed by atoms with Gasteiger partial charge in [-0.3, -0.25) is 0 Å². The normalized spacial score (nSPS) is 12.1. The van der Waals surface area contributed by atoms with Gasteiger partial charge in [0.15, 0.2) is 0 Å². The molecule has 0 aliphatic carbocycles. The second-order valence-corrected chi connectivity index (χ2v) is 4.94. The Hall–Kier alpha value is -1.52. The van der Waals surface area contributed by atoms with E-state index < -0.39 is 0 Å². The number of rotatable bonds is 4. The van der Waals surface area contributed by atoms with Crippen LogP contribution in [-0.2, 0) is 0 Å². The highest BCUT2D eigenvalue weighted by Crippen LogP contribution is 2.26. The Morgan fingerprint density at radius 3 is 2.50 bits per heavy atom. The number of nitrogens with two attached hydrogens (primary N) is 1. The molecule has 0 bridgehead atoms. The number of benzene rings is 2. The van der Waals surface area contributed by atoms with E-state index in [1.54, 1.807) is 0 Å². The molecule has 1 atom stereocenters. The maximum absolute atomic E-state index is 9.47. The first-order valence-electron chi connectivity index (χ1n) is 5.68. The predicted molar refractivity (Wildman–Crippen MR) is 78.4 cm³/mol. The van der Waals surface area contributed by atoms with Crippen LogP contribution in [0, 0.1) is 0 Å². The minimum atomic E-state index is -0.158. The van der Waals surface area contributed by atoms with Gasteiger partial charge in [-0.2, -0.15) is 0 Å². The van der Waals surface area contributed by atoms with Crippen molar-refractivity contribution in [2.45, 2.75) is 6.04 Å². The Kier molecular flexibility index (Phi) is 4.23. The number of hydrogen-bond donors (Lipinski definition) is 3. The van der Waals surface area contributed by atoms with Crippen LogP contribution in [0.3, 0.4) is 0 Å². The van der Waals surface area contributed by atoms with E-state index in [1.807, 2.05) is 48.5 Å². The number of nitrogen functional groups attached to an aromatic ring is 1. The summed E-state index contributed by atoms with van der Waals surface area (Å²) in [5, 5.41) is 12.7. The first-order valence-corrected chi connectivity index (χ1v) is 6.47. The van der Waals surface area contributed by atoms with Gasteiger partial charge in [-0.25, -0.2) is 0 Å². The van der Waals surface area contributed by atoms with Gasteiger partial charge >= 0.3 is 0 Å². The second-order valence-electron chi connectivity index (χ2n) is 4.02. The standard InChI is InChI=1S/C14H15BrN2O/c15-11-6-7-13(12(16)8-11)17-14(9-18)10-4-2-1-3-5-10/h1-8,14,17-18H,9,16H2. The zero-order chi connectivity index (χ0) is 13.0. The van der Waals surface area contributed by atoms with E-state index in [0.717, 1.165) is 15.7 Å². The van der Waals surface area contributed by atoms with Gasteiger partial charge in [0.2, 0.25) is 0 Å². The van der Waals surface area contributed by atoms with Crippen molar-refractivity contribution in [2.75, 3.05) is 17.7 Å². The van der Waals surface area contributed by atoms with Crippen LogP contribution in [0.4, 0.5) is 11.4 Å². The number of aliphatic hydroxyl groups is 1. The molecule has 94 valence electrons. The third-order valence-electron chi connectivity index (χ3n) is 2.73. The van der Waals surface area contributed by atoms with Crippen LogP contribution in [0.2, 0.25) is 0 Å². The monoisotopic (exact) mass is 306 g/mol. The molecule has 0 heterocycles. The van der Waals surface area contributed by atoms with Gasteiger partial charge in [0.1, 0.15) is 0 Å². The van der Waals surface area contributed by atoms with Crippen molar-refractivity contribution in [1.82, 2.24) is 0 Å². The fraction of sp³-hybridized carbons (Fsp3) is 0.143. The van der Waals surface area contributed by atoms with Gasteiger partial charge in [-0.05, 0) is 23.8 Å². The summed E-state index contributed by atoms with van der Waals surface area (Å²) in [6.45, 7) is 0.0134. The Morgan fingerprint density at radius 2 is 1.89 bits per heavy atom. The molecule has 0 aliphatic heterocycles. The highest BCUT2D eigenvalue weighted by molar-refractivity contribution is 9.10. The fourth-order valence-electron chi connectivity index (χ4n) is 1.77. The van der Waals surface area contributed by atoms with Crippen molar-refractivity contribution in [3.63, 3.8) is 0 Å². The zero-order valence-corrected chi connectivity index (χ0v) is 11.4. The average Bonchev–Trinajstić information content (AvgIpc) is 2.39. The molecular weight excluding hydrogens is 292 g/mol. The van der Waals surface area contributed by atoms with Gasteiger partial charge in [0.25, 0.3) is 0 Å². The summed E-state index contributed by atoms with van der Waals surface area (Å²) in [5.41, 5.74) is 8.43. The molecule has 0 amide bonds. The summed E-state index contributed by atoms with van der Waals surface area (Å²) in [5.74, 6) is 0. The van der Waals surface area contributed by atoms with Crippen LogP contribution >= 0.6 is 15.9 Å². The van der Waals surface area contributed by atoms with Gasteiger partial charge in [-0.15, -0.1) is 0 Å². The molecule has 0 fully saturated rings. The predicted octanol–water partition coefficient (Wildman–Crippen LogP) is 3.18. The first-order chi connectivity index (χ1) is 8.70. The molecule has 1 unspecified atom stereocenters. The Labute approximate surface area is 115 Å². The molecule has 0 saturated carbocycles. The van der Waals surface area contributed by atoms with Crippen molar-refractivity contribution in [3.8, 4) is 0 Å². The van der Waals surface area contributed by atoms with Gasteiger partial charge in [-0.1, -0.05) is 46.3 Å². The van der Waals surface area contributed by atoms with Gasteiger partial charge < -0.3 is 16.2 Å². The van der Waals surface area contributed by atoms with E-state index in [0.29, 0.717) is 5.69 Å². The summed E-state index contributed by atoms with van der Waals surface area (Å²) < 4.78 is 0.936. The molecule has 0 spiro atoms. The van der Waals surface area contributed by atoms with E-state index in [4.69, 9.17) is 5.73 Å². The quantitative estimate of drug-likeness (QED) is 0.760. The molecule has 2 rings (SSSR count). The molecule has 2 aromatic carbocycles. The highest BCUT2D eigenvalue weighted by Gasteiger charge is 2.11. The van der Waals surface area contributed by atoms with Crippen LogP contribution in [0.25, 0.3) is 0 Å². The minimum absolute atomic E-state index is 0.0134. The smallest absolute Gasteiger partial charge is 0.0745 e. The van der Waals surface area contributed by atoms with E-state index in [1.165, 1.54) is 0 Å². The molecular formula is C14H15BrN2O. The Bertz CT molecular complexity index is 516. The topological polar surface area (TPSA) is 58.3 Å². The third-order valence-corrected chi connectivity index (χ3v) is 3.22. The molecule has 4 N–H and O–H groups in total. The summed E-state index contributed by atoms with van der Waals surface area (Å²) >= 11 is 3.37. The van der Waals surface area contributed by atoms with E-state index in [-0.39, 0.29) is 12.6 Å². The van der Waals surface area contributed by atoms with E-state index >= 15 is 0 Å². The second kappa shape index (κ2) is 5.89. The summed E-state index contributed by atoms with van der Waals surface area (Å²) in [6.07, 6.45) is 0. The minimum Gasteiger partial charge on any atom is -0.397 e. The van der Waals surface area contributed by atoms with Gasteiger partial charge in [0, 0.05) is 4.47 Å². The molecule has 0 aromatic heterocycles. The van der Waals surface area contributed by atoms with Crippen molar-refractivity contribution in [3.05, 3.63) is 58.6 Å². The van der Waals surface area contributed by atoms with Crippen LogP contribution in [-0.4, -0.2) is 11.7 Å². The van der Waals surface area contributed by atoms with Gasteiger partial charge in [0.05, 0.1) is 24.0 Å². The molecule has 0 aliphatic rings. The largest absolute Gasteiger partial charge is 0.397 e. The lowest BCUT2D eigenvalue weighted by Crippen LogP contribution is -2.15. The third kappa shape index (κ3) is 3.03. The molecule has 3 nitrogen and oxygen atoms in total. The number of hydrogen-bond acceptors (Lipinski definition) is 3. The Balaban J connectivity index is 2.21. The Morgan fingerprint density at radius 1 is 1.17 bits per heavy atom. The zero-order valence-electron chi connectivity index (χ0n) is 9.81. The highest BCUT2D eigenvalue weighted by atomic mass is 79.9. The first kappa shape index (κ1) is 12.9. The molecule has 4 heteroatoms. The lowest BCUT2D eigenvalue weighted by molar-refractivity contribution is 0.276. The van der Waals surface area contributed by atoms with Crippen molar-refractivity contribution >= 4 is 27.3 Å². The van der Waals surface area contributed by atoms with Crippen molar-refractivity contribution in [2.24, 2.45) is 0 Å². The average molecular weight is 307 g/mol. The molecule has 0 saturated heterocycles. The number of anilines is 2. The summed E-state index contributed by atoms with van der Waals surface area (Å²) in [6, 6.07) is 15.3. The molecule has 2 aromatic rings. The van der Waals surface area contributed by atoms with Crippen molar-refractivity contribution < 1.29 is 5.11 Å². The number of halogens is 1.